The lowest BCUT2D eigenvalue weighted by Crippen LogP contribution is -2.36. The van der Waals surface area contributed by atoms with Crippen LogP contribution in [0.3, 0.4) is 0 Å². The van der Waals surface area contributed by atoms with Gasteiger partial charge < -0.3 is 15.1 Å². The number of carbonyl (C=O) groups is 3. The van der Waals surface area contributed by atoms with Gasteiger partial charge in [-0.3, -0.25) is 19.1 Å². The maximum atomic E-state index is 13.2. The Labute approximate surface area is 195 Å². The molecule has 0 unspecified atom stereocenters. The standard InChI is InChI=1S/C25H35N5O3/c1-5-28(13-10-23(31)26-16-18(2)3)24(32)21-15-22-25(33)29(11-7-12-30(22)27-21)17-20-9-6-8-19(4)14-20/h6,8-9,14-15,18H,5,7,10-13,16-17H2,1-4H3,(H,26,31). The molecule has 0 spiro atoms. The van der Waals surface area contributed by atoms with Crippen LogP contribution in [0, 0.1) is 12.8 Å². The van der Waals surface area contributed by atoms with Crippen molar-refractivity contribution >= 4 is 17.7 Å². The molecule has 0 saturated heterocycles. The first-order valence-electron chi connectivity index (χ1n) is 11.8. The Bertz CT molecular complexity index is 998. The van der Waals surface area contributed by atoms with E-state index in [1.165, 1.54) is 0 Å². The van der Waals surface area contributed by atoms with Gasteiger partial charge in [-0.2, -0.15) is 5.10 Å². The molecule has 1 N–H and O–H groups in total. The molecule has 0 aliphatic carbocycles. The Morgan fingerprint density at radius 3 is 2.70 bits per heavy atom. The average Bonchev–Trinajstić information content (AvgIpc) is 3.15. The van der Waals surface area contributed by atoms with Crippen LogP contribution in [-0.2, 0) is 17.9 Å². The average molecular weight is 454 g/mol. The summed E-state index contributed by atoms with van der Waals surface area (Å²) < 4.78 is 1.65. The maximum absolute atomic E-state index is 13.2. The van der Waals surface area contributed by atoms with Crippen LogP contribution in [-0.4, -0.2) is 63.5 Å². The molecule has 1 aliphatic heterocycles. The molecule has 0 atom stereocenters. The highest BCUT2D eigenvalue weighted by atomic mass is 16.2. The molecule has 2 heterocycles. The monoisotopic (exact) mass is 453 g/mol. The van der Waals surface area contributed by atoms with E-state index in [9.17, 15) is 14.4 Å². The molecule has 2 aromatic rings. The molecule has 0 bridgehead atoms. The van der Waals surface area contributed by atoms with Gasteiger partial charge >= 0.3 is 0 Å². The van der Waals surface area contributed by atoms with Crippen LogP contribution in [0.25, 0.3) is 0 Å². The molecule has 1 aromatic carbocycles. The van der Waals surface area contributed by atoms with Crippen molar-refractivity contribution in [3.63, 3.8) is 0 Å². The molecule has 0 saturated carbocycles. The fourth-order valence-corrected chi connectivity index (χ4v) is 3.93. The fraction of sp³-hybridized carbons (Fsp3) is 0.520. The topological polar surface area (TPSA) is 87.5 Å². The number of rotatable bonds is 9. The van der Waals surface area contributed by atoms with Crippen molar-refractivity contribution in [3.8, 4) is 0 Å². The molecule has 8 nitrogen and oxygen atoms in total. The van der Waals surface area contributed by atoms with Crippen molar-refractivity contribution < 1.29 is 14.4 Å². The molecule has 3 rings (SSSR count). The van der Waals surface area contributed by atoms with Crippen molar-refractivity contribution in [2.45, 2.75) is 53.6 Å². The third-order valence-corrected chi connectivity index (χ3v) is 5.74. The van der Waals surface area contributed by atoms with Crippen molar-refractivity contribution in [2.24, 2.45) is 5.92 Å². The highest BCUT2D eigenvalue weighted by Crippen LogP contribution is 2.18. The summed E-state index contributed by atoms with van der Waals surface area (Å²) in [5.41, 5.74) is 2.93. The summed E-state index contributed by atoms with van der Waals surface area (Å²) in [6, 6.07) is 9.74. The predicted octanol–water partition coefficient (Wildman–Crippen LogP) is 2.86. The molecular formula is C25H35N5O3. The molecular weight excluding hydrogens is 418 g/mol. The number of aryl methyl sites for hydroxylation is 2. The maximum Gasteiger partial charge on any atom is 0.274 e. The summed E-state index contributed by atoms with van der Waals surface area (Å²) in [6.45, 7) is 11.1. The van der Waals surface area contributed by atoms with Crippen molar-refractivity contribution in [1.82, 2.24) is 24.9 Å². The second-order valence-corrected chi connectivity index (χ2v) is 9.04. The molecule has 8 heteroatoms. The summed E-state index contributed by atoms with van der Waals surface area (Å²) in [7, 11) is 0. The Morgan fingerprint density at radius 2 is 2.00 bits per heavy atom. The second-order valence-electron chi connectivity index (χ2n) is 9.04. The number of hydrogen-bond acceptors (Lipinski definition) is 4. The van der Waals surface area contributed by atoms with Crippen LogP contribution >= 0.6 is 0 Å². The molecule has 1 aromatic heterocycles. The third kappa shape index (κ3) is 6.43. The summed E-state index contributed by atoms with van der Waals surface area (Å²) in [6.07, 6.45) is 1.01. The van der Waals surface area contributed by atoms with Gasteiger partial charge in [-0.15, -0.1) is 0 Å². The van der Waals surface area contributed by atoms with Gasteiger partial charge in [-0.05, 0) is 31.7 Å². The normalized spacial score (nSPS) is 13.6. The van der Waals surface area contributed by atoms with Crippen LogP contribution in [0.1, 0.15) is 65.7 Å². The van der Waals surface area contributed by atoms with Crippen LogP contribution in [0.5, 0.6) is 0 Å². The summed E-state index contributed by atoms with van der Waals surface area (Å²) in [5, 5.41) is 7.32. The Morgan fingerprint density at radius 1 is 1.21 bits per heavy atom. The molecule has 33 heavy (non-hydrogen) atoms. The van der Waals surface area contributed by atoms with E-state index in [1.807, 2.05) is 50.8 Å². The van der Waals surface area contributed by atoms with E-state index in [0.717, 1.165) is 17.5 Å². The molecule has 1 aliphatic rings. The highest BCUT2D eigenvalue weighted by Gasteiger charge is 2.28. The van der Waals surface area contributed by atoms with Crippen LogP contribution in [0.2, 0.25) is 0 Å². The lowest BCUT2D eigenvalue weighted by atomic mass is 10.1. The van der Waals surface area contributed by atoms with Crippen LogP contribution < -0.4 is 5.32 Å². The summed E-state index contributed by atoms with van der Waals surface area (Å²) >= 11 is 0. The first kappa shape index (κ1) is 24.5. The van der Waals surface area contributed by atoms with Crippen molar-refractivity contribution in [1.29, 1.82) is 0 Å². The van der Waals surface area contributed by atoms with E-state index in [4.69, 9.17) is 0 Å². The summed E-state index contributed by atoms with van der Waals surface area (Å²) in [5.74, 6) is -0.0659. The van der Waals surface area contributed by atoms with Gasteiger partial charge in [0.2, 0.25) is 5.91 Å². The van der Waals surface area contributed by atoms with E-state index in [2.05, 4.69) is 16.5 Å². The Hall–Kier alpha value is -3.16. The van der Waals surface area contributed by atoms with E-state index in [-0.39, 0.29) is 29.8 Å². The first-order chi connectivity index (χ1) is 15.8. The van der Waals surface area contributed by atoms with Crippen LogP contribution in [0.4, 0.5) is 0 Å². The quantitative estimate of drug-likeness (QED) is 0.632. The lowest BCUT2D eigenvalue weighted by molar-refractivity contribution is -0.121. The zero-order valence-electron chi connectivity index (χ0n) is 20.1. The molecule has 3 amide bonds. The number of fused-ring (bicyclic) bond motifs is 1. The van der Waals surface area contributed by atoms with Crippen molar-refractivity contribution in [3.05, 3.63) is 52.8 Å². The predicted molar refractivity (Wildman–Crippen MR) is 127 cm³/mol. The number of amides is 3. The zero-order chi connectivity index (χ0) is 24.0. The Kier molecular flexibility index (Phi) is 8.25. The number of aromatic nitrogens is 2. The van der Waals surface area contributed by atoms with Crippen LogP contribution in [0.15, 0.2) is 30.3 Å². The number of carbonyl (C=O) groups excluding carboxylic acids is 3. The number of benzene rings is 1. The van der Waals surface area contributed by atoms with E-state index < -0.39 is 0 Å². The number of hydrogen-bond donors (Lipinski definition) is 1. The van der Waals surface area contributed by atoms with Gasteiger partial charge in [0.1, 0.15) is 5.69 Å². The van der Waals surface area contributed by atoms with Crippen molar-refractivity contribution in [2.75, 3.05) is 26.2 Å². The van der Waals surface area contributed by atoms with Gasteiger partial charge in [0.05, 0.1) is 0 Å². The van der Waals surface area contributed by atoms with E-state index in [1.54, 1.807) is 15.6 Å². The van der Waals surface area contributed by atoms with Gasteiger partial charge in [-0.25, -0.2) is 0 Å². The molecule has 0 fully saturated rings. The van der Waals surface area contributed by atoms with E-state index >= 15 is 0 Å². The third-order valence-electron chi connectivity index (χ3n) is 5.74. The lowest BCUT2D eigenvalue weighted by Gasteiger charge is -2.20. The zero-order valence-corrected chi connectivity index (χ0v) is 20.1. The number of nitrogens with one attached hydrogen (secondary N) is 1. The smallest absolute Gasteiger partial charge is 0.274 e. The van der Waals surface area contributed by atoms with E-state index in [0.29, 0.717) is 50.9 Å². The minimum atomic E-state index is -0.257. The fourth-order valence-electron chi connectivity index (χ4n) is 3.93. The summed E-state index contributed by atoms with van der Waals surface area (Å²) in [4.78, 5) is 41.8. The Balaban J connectivity index is 1.68. The first-order valence-corrected chi connectivity index (χ1v) is 11.8. The number of nitrogens with zero attached hydrogens (tertiary/aromatic N) is 4. The van der Waals surface area contributed by atoms with Gasteiger partial charge in [0.25, 0.3) is 11.8 Å². The minimum Gasteiger partial charge on any atom is -0.356 e. The van der Waals surface area contributed by atoms with Gasteiger partial charge in [0, 0.05) is 51.8 Å². The second kappa shape index (κ2) is 11.1. The largest absolute Gasteiger partial charge is 0.356 e. The van der Waals surface area contributed by atoms with Gasteiger partial charge in [-0.1, -0.05) is 43.7 Å². The highest BCUT2D eigenvalue weighted by molar-refractivity contribution is 5.98. The van der Waals surface area contributed by atoms with Gasteiger partial charge in [0.15, 0.2) is 5.69 Å². The minimum absolute atomic E-state index is 0.0717. The molecule has 0 radical (unpaired) electrons. The SMILES string of the molecule is CCN(CCC(=O)NCC(C)C)C(=O)c1cc2n(n1)CCCN(Cc1cccc(C)c1)C2=O. The molecule has 178 valence electrons.